The molecule has 18 heavy (non-hydrogen) atoms. The van der Waals surface area contributed by atoms with Crippen LogP contribution in [0.25, 0.3) is 11.1 Å². The summed E-state index contributed by atoms with van der Waals surface area (Å²) in [4.78, 5) is 23.4. The first-order chi connectivity index (χ1) is 8.28. The Morgan fingerprint density at radius 1 is 1.44 bits per heavy atom. The maximum atomic E-state index is 12.0. The van der Waals surface area contributed by atoms with Crippen molar-refractivity contribution < 1.29 is 9.21 Å². The Labute approximate surface area is 104 Å². The summed E-state index contributed by atoms with van der Waals surface area (Å²) < 4.78 is 6.38. The number of nitrogens with two attached hydrogens (primary N) is 1. The molecule has 1 heterocycles. The van der Waals surface area contributed by atoms with Crippen LogP contribution < -0.4 is 11.5 Å². The van der Waals surface area contributed by atoms with Crippen LogP contribution in [-0.2, 0) is 7.05 Å². The van der Waals surface area contributed by atoms with Crippen molar-refractivity contribution in [1.82, 2.24) is 4.57 Å². The number of fused-ring (bicyclic) bond motifs is 1. The van der Waals surface area contributed by atoms with Crippen LogP contribution >= 0.6 is 0 Å². The number of oxazole rings is 1. The third kappa shape index (κ3) is 2.36. The molecular weight excluding hydrogens is 232 g/mol. The number of carbonyl (C=O) groups excluding carboxylic acids is 1. The van der Waals surface area contributed by atoms with E-state index in [2.05, 4.69) is 0 Å². The number of aryl methyl sites for hydroxylation is 1. The van der Waals surface area contributed by atoms with E-state index in [-0.39, 0.29) is 12.2 Å². The zero-order valence-electron chi connectivity index (χ0n) is 10.7. The van der Waals surface area contributed by atoms with E-state index in [1.54, 1.807) is 39.1 Å². The Morgan fingerprint density at radius 3 is 2.72 bits per heavy atom. The maximum Gasteiger partial charge on any atom is 0.419 e. The first-order valence-electron chi connectivity index (χ1n) is 5.69. The molecule has 0 spiro atoms. The minimum atomic E-state index is -0.547. The summed E-state index contributed by atoms with van der Waals surface area (Å²) in [5.41, 5.74) is 6.91. The van der Waals surface area contributed by atoms with Gasteiger partial charge in [-0.3, -0.25) is 9.36 Å². The van der Waals surface area contributed by atoms with Gasteiger partial charge < -0.3 is 10.2 Å². The minimum absolute atomic E-state index is 0.0435. The van der Waals surface area contributed by atoms with Gasteiger partial charge in [0.25, 0.3) is 0 Å². The van der Waals surface area contributed by atoms with Gasteiger partial charge in [0.05, 0.1) is 5.52 Å². The van der Waals surface area contributed by atoms with Crippen LogP contribution in [0.3, 0.4) is 0 Å². The fourth-order valence-electron chi connectivity index (χ4n) is 1.82. The molecule has 0 aliphatic carbocycles. The van der Waals surface area contributed by atoms with Gasteiger partial charge in [-0.25, -0.2) is 4.79 Å². The van der Waals surface area contributed by atoms with Crippen LogP contribution in [0.1, 0.15) is 30.6 Å². The molecule has 0 fully saturated rings. The highest BCUT2D eigenvalue weighted by Crippen LogP contribution is 2.17. The number of carbonyl (C=O) groups is 1. The lowest BCUT2D eigenvalue weighted by Gasteiger charge is -2.16. The van der Waals surface area contributed by atoms with Crippen molar-refractivity contribution >= 4 is 16.9 Å². The molecule has 2 aromatic rings. The van der Waals surface area contributed by atoms with Gasteiger partial charge in [0.15, 0.2) is 11.4 Å². The molecule has 2 rings (SSSR count). The Bertz CT molecular complexity index is 659. The van der Waals surface area contributed by atoms with E-state index in [1.165, 1.54) is 4.57 Å². The molecule has 0 bridgehead atoms. The average Bonchev–Trinajstić information content (AvgIpc) is 2.52. The fraction of sp³-hybridized carbons (Fsp3) is 0.385. The highest BCUT2D eigenvalue weighted by Gasteiger charge is 2.18. The van der Waals surface area contributed by atoms with Crippen molar-refractivity contribution in [2.45, 2.75) is 25.8 Å². The number of nitrogens with zero attached hydrogens (tertiary/aromatic N) is 1. The molecule has 0 aliphatic rings. The van der Waals surface area contributed by atoms with Crippen molar-refractivity contribution in [2.75, 3.05) is 0 Å². The van der Waals surface area contributed by atoms with E-state index in [0.717, 1.165) is 0 Å². The van der Waals surface area contributed by atoms with Crippen molar-refractivity contribution in [3.8, 4) is 0 Å². The van der Waals surface area contributed by atoms with Gasteiger partial charge in [0.1, 0.15) is 0 Å². The number of hydrogen-bond acceptors (Lipinski definition) is 4. The largest absolute Gasteiger partial charge is 0.419 e. The molecule has 0 unspecified atom stereocenters. The van der Waals surface area contributed by atoms with Gasteiger partial charge in [0.2, 0.25) is 0 Å². The van der Waals surface area contributed by atoms with Crippen LogP contribution in [0.2, 0.25) is 0 Å². The van der Waals surface area contributed by atoms with Crippen LogP contribution in [0.4, 0.5) is 0 Å². The van der Waals surface area contributed by atoms with Gasteiger partial charge in [-0.2, -0.15) is 0 Å². The smallest absolute Gasteiger partial charge is 0.408 e. The quantitative estimate of drug-likeness (QED) is 0.834. The zero-order chi connectivity index (χ0) is 13.5. The second kappa shape index (κ2) is 4.10. The van der Waals surface area contributed by atoms with Crippen molar-refractivity contribution in [3.63, 3.8) is 0 Å². The summed E-state index contributed by atoms with van der Waals surface area (Å²) in [5, 5.41) is 0. The lowest BCUT2D eigenvalue weighted by Crippen LogP contribution is -2.34. The Kier molecular flexibility index (Phi) is 2.86. The Morgan fingerprint density at radius 2 is 2.11 bits per heavy atom. The second-order valence-corrected chi connectivity index (χ2v) is 5.20. The van der Waals surface area contributed by atoms with E-state index in [4.69, 9.17) is 10.2 Å². The third-order valence-corrected chi connectivity index (χ3v) is 2.73. The lowest BCUT2D eigenvalue weighted by molar-refractivity contribution is 0.0960. The van der Waals surface area contributed by atoms with Crippen LogP contribution in [0.15, 0.2) is 27.4 Å². The van der Waals surface area contributed by atoms with E-state index in [0.29, 0.717) is 16.7 Å². The molecule has 0 saturated heterocycles. The predicted octanol–water partition coefficient (Wildman–Crippen LogP) is 1.44. The molecule has 0 saturated carbocycles. The van der Waals surface area contributed by atoms with Crippen molar-refractivity contribution in [3.05, 3.63) is 34.3 Å². The van der Waals surface area contributed by atoms with Gasteiger partial charge in [-0.1, -0.05) is 0 Å². The summed E-state index contributed by atoms with van der Waals surface area (Å²) in [6.45, 7) is 3.61. The number of ketones is 1. The molecule has 96 valence electrons. The van der Waals surface area contributed by atoms with Crippen LogP contribution in [0, 0.1) is 0 Å². The van der Waals surface area contributed by atoms with E-state index >= 15 is 0 Å². The molecular formula is C13H16N2O3. The van der Waals surface area contributed by atoms with Crippen LogP contribution in [0.5, 0.6) is 0 Å². The minimum Gasteiger partial charge on any atom is -0.408 e. The van der Waals surface area contributed by atoms with E-state index < -0.39 is 11.3 Å². The first-order valence-corrected chi connectivity index (χ1v) is 5.69. The summed E-state index contributed by atoms with van der Waals surface area (Å²) in [5.74, 6) is -0.480. The van der Waals surface area contributed by atoms with E-state index in [9.17, 15) is 9.59 Å². The van der Waals surface area contributed by atoms with Crippen LogP contribution in [-0.4, -0.2) is 15.9 Å². The molecule has 1 aromatic carbocycles. The summed E-state index contributed by atoms with van der Waals surface area (Å²) in [7, 11) is 1.61. The number of Topliss-reactive ketones (excluding diaryl/α,β-unsaturated/α-hetero) is 1. The Hall–Kier alpha value is -1.88. The second-order valence-electron chi connectivity index (χ2n) is 5.20. The Balaban J connectivity index is 2.44. The number of benzene rings is 1. The van der Waals surface area contributed by atoms with Crippen molar-refractivity contribution in [1.29, 1.82) is 0 Å². The lowest BCUT2D eigenvalue weighted by atomic mass is 9.95. The highest BCUT2D eigenvalue weighted by atomic mass is 16.4. The topological polar surface area (TPSA) is 78.2 Å². The highest BCUT2D eigenvalue weighted by molar-refractivity contribution is 5.99. The number of hydrogen-bond donors (Lipinski definition) is 1. The zero-order valence-corrected chi connectivity index (χ0v) is 10.7. The standard InChI is InChI=1S/C13H16N2O3/c1-13(2,14)7-10(16)8-4-5-11-9(6-8)15(3)12(17)18-11/h4-6H,7,14H2,1-3H3. The predicted molar refractivity (Wildman–Crippen MR) is 68.7 cm³/mol. The van der Waals surface area contributed by atoms with Gasteiger partial charge in [0, 0.05) is 24.6 Å². The summed E-state index contributed by atoms with van der Waals surface area (Å²) in [6.07, 6.45) is 0.254. The molecule has 0 amide bonds. The molecule has 0 atom stereocenters. The van der Waals surface area contributed by atoms with Gasteiger partial charge in [-0.05, 0) is 32.0 Å². The molecule has 1 aromatic heterocycles. The molecule has 5 heteroatoms. The average molecular weight is 248 g/mol. The maximum absolute atomic E-state index is 12.0. The molecule has 5 nitrogen and oxygen atoms in total. The van der Waals surface area contributed by atoms with E-state index in [1.807, 2.05) is 0 Å². The SMILES string of the molecule is Cn1c(=O)oc2ccc(C(=O)CC(C)(C)N)cc21. The monoisotopic (exact) mass is 248 g/mol. The number of aromatic nitrogens is 1. The molecule has 0 radical (unpaired) electrons. The van der Waals surface area contributed by atoms with Crippen molar-refractivity contribution in [2.24, 2.45) is 12.8 Å². The van der Waals surface area contributed by atoms with Gasteiger partial charge >= 0.3 is 5.76 Å². The molecule has 0 aliphatic heterocycles. The fourth-order valence-corrected chi connectivity index (χ4v) is 1.82. The normalized spacial score (nSPS) is 12.0. The third-order valence-electron chi connectivity index (χ3n) is 2.73. The molecule has 2 N–H and O–H groups in total. The first kappa shape index (κ1) is 12.6. The number of rotatable bonds is 3. The van der Waals surface area contributed by atoms with Gasteiger partial charge in [-0.15, -0.1) is 0 Å². The summed E-state index contributed by atoms with van der Waals surface area (Å²) >= 11 is 0. The summed E-state index contributed by atoms with van der Waals surface area (Å²) in [6, 6.07) is 4.95.